The van der Waals surface area contributed by atoms with Gasteiger partial charge in [0, 0.05) is 29.2 Å². The van der Waals surface area contributed by atoms with Crippen LogP contribution in [0.1, 0.15) is 52.6 Å². The maximum atomic E-state index is 13.0. The van der Waals surface area contributed by atoms with E-state index < -0.39 is 16.1 Å². The summed E-state index contributed by atoms with van der Waals surface area (Å²) in [5, 5.41) is 10.5. The maximum absolute atomic E-state index is 13.0. The van der Waals surface area contributed by atoms with Crippen molar-refractivity contribution >= 4 is 40.6 Å². The summed E-state index contributed by atoms with van der Waals surface area (Å²) in [5.41, 5.74) is 4.51. The minimum absolute atomic E-state index is 0.0340. The van der Waals surface area contributed by atoms with Crippen LogP contribution in [0.25, 0.3) is 11.8 Å². The number of carbonyl (C=O) groups is 3. The quantitative estimate of drug-likeness (QED) is 0.106. The van der Waals surface area contributed by atoms with Gasteiger partial charge in [-0.15, -0.1) is 0 Å². The van der Waals surface area contributed by atoms with Gasteiger partial charge in [0.15, 0.2) is 0 Å². The Kier molecular flexibility index (Phi) is 8.11. The molecule has 10 heteroatoms. The second kappa shape index (κ2) is 11.5. The van der Waals surface area contributed by atoms with E-state index in [-0.39, 0.29) is 18.2 Å². The molecule has 0 spiro atoms. The molecular weight excluding hydrogens is 506 g/mol. The molecule has 1 saturated heterocycles. The fourth-order valence-corrected chi connectivity index (χ4v) is 4.98. The van der Waals surface area contributed by atoms with Crippen molar-refractivity contribution in [3.63, 3.8) is 0 Å². The molecule has 0 saturated carbocycles. The Hall–Kier alpha value is -4.18. The van der Waals surface area contributed by atoms with E-state index in [0.717, 1.165) is 52.1 Å². The fraction of sp³-hybridized carbons (Fsp3) is 0.250. The van der Waals surface area contributed by atoms with Gasteiger partial charge in [0.1, 0.15) is 0 Å². The van der Waals surface area contributed by atoms with Gasteiger partial charge in [0.2, 0.25) is 0 Å². The molecule has 196 valence electrons. The molecule has 38 heavy (non-hydrogen) atoms. The number of aryl methyl sites for hydroxylation is 1. The Morgan fingerprint density at radius 2 is 1.76 bits per heavy atom. The third-order valence-corrected chi connectivity index (χ3v) is 7.12. The number of rotatable bonds is 9. The van der Waals surface area contributed by atoms with Gasteiger partial charge in [-0.3, -0.25) is 24.6 Å². The first-order chi connectivity index (χ1) is 18.2. The van der Waals surface area contributed by atoms with Crippen LogP contribution in [-0.2, 0) is 16.1 Å². The number of aromatic nitrogens is 1. The second-order valence-electron chi connectivity index (χ2n) is 8.89. The molecule has 0 radical (unpaired) electrons. The van der Waals surface area contributed by atoms with Crippen LogP contribution in [0.2, 0.25) is 0 Å². The molecule has 0 atom stereocenters. The Balaban J connectivity index is 1.51. The Morgan fingerprint density at radius 1 is 1.08 bits per heavy atom. The maximum Gasteiger partial charge on any atom is 0.338 e. The SMILES string of the molecule is CCCCOC(=O)c1ccc(-n2c(C)cc(/C=C3\SC(=O)N(Cc4ccc([N+](=O)[O-])cc4)C3=O)c2C)cc1. The molecule has 1 aliphatic rings. The highest BCUT2D eigenvalue weighted by atomic mass is 32.2. The first kappa shape index (κ1) is 26.9. The number of ether oxygens (including phenoxy) is 1. The topological polar surface area (TPSA) is 112 Å². The zero-order valence-electron chi connectivity index (χ0n) is 21.3. The van der Waals surface area contributed by atoms with Gasteiger partial charge in [-0.1, -0.05) is 25.5 Å². The number of benzene rings is 2. The van der Waals surface area contributed by atoms with Crippen molar-refractivity contribution in [2.75, 3.05) is 6.61 Å². The molecule has 3 aromatic rings. The number of unbranched alkanes of at least 4 members (excludes halogenated alkanes) is 1. The Labute approximate surface area is 224 Å². The van der Waals surface area contributed by atoms with E-state index in [1.165, 1.54) is 24.3 Å². The number of nitro benzene ring substituents is 1. The summed E-state index contributed by atoms with van der Waals surface area (Å²) in [4.78, 5) is 49.6. The van der Waals surface area contributed by atoms with Crippen molar-refractivity contribution in [2.24, 2.45) is 0 Å². The molecule has 2 heterocycles. The number of nitrogens with zero attached hydrogens (tertiary/aromatic N) is 3. The monoisotopic (exact) mass is 533 g/mol. The van der Waals surface area contributed by atoms with Crippen LogP contribution in [-0.4, -0.2) is 38.1 Å². The van der Waals surface area contributed by atoms with E-state index in [1.54, 1.807) is 18.2 Å². The van der Waals surface area contributed by atoms with Gasteiger partial charge in [0.25, 0.3) is 16.8 Å². The third-order valence-electron chi connectivity index (χ3n) is 6.21. The zero-order valence-corrected chi connectivity index (χ0v) is 22.1. The van der Waals surface area contributed by atoms with Crippen molar-refractivity contribution < 1.29 is 24.0 Å². The number of esters is 1. The molecular formula is C28H27N3O6S. The van der Waals surface area contributed by atoms with Crippen LogP contribution in [0.5, 0.6) is 0 Å². The fourth-order valence-electron chi connectivity index (χ4n) is 4.15. The van der Waals surface area contributed by atoms with Crippen molar-refractivity contribution in [2.45, 2.75) is 40.2 Å². The standard InChI is InChI=1S/C28H27N3O6S/c1-4-5-14-37-27(33)21-8-12-23(13-9-21)30-18(2)15-22(19(30)3)16-25-26(32)29(28(34)38-25)17-20-6-10-24(11-7-20)31(35)36/h6-13,15-16H,4-5,14,17H2,1-3H3/b25-16-. The molecule has 2 aromatic carbocycles. The summed E-state index contributed by atoms with van der Waals surface area (Å²) in [6.07, 6.45) is 3.48. The highest BCUT2D eigenvalue weighted by Crippen LogP contribution is 2.35. The van der Waals surface area contributed by atoms with Crippen molar-refractivity contribution in [3.8, 4) is 5.69 Å². The van der Waals surface area contributed by atoms with Crippen LogP contribution in [0.15, 0.2) is 59.5 Å². The third kappa shape index (κ3) is 5.70. The number of hydrogen-bond acceptors (Lipinski definition) is 7. The lowest BCUT2D eigenvalue weighted by molar-refractivity contribution is -0.384. The van der Waals surface area contributed by atoms with Gasteiger partial charge >= 0.3 is 5.97 Å². The number of amides is 2. The van der Waals surface area contributed by atoms with Gasteiger partial charge in [0.05, 0.1) is 28.5 Å². The summed E-state index contributed by atoms with van der Waals surface area (Å²) in [6.45, 7) is 6.33. The molecule has 2 amide bonds. The normalized spacial score (nSPS) is 14.4. The van der Waals surface area contributed by atoms with Crippen LogP contribution in [0.3, 0.4) is 0 Å². The smallest absolute Gasteiger partial charge is 0.338 e. The Bertz CT molecular complexity index is 1420. The Morgan fingerprint density at radius 3 is 2.39 bits per heavy atom. The van der Waals surface area contributed by atoms with Crippen LogP contribution in [0.4, 0.5) is 10.5 Å². The molecule has 4 rings (SSSR count). The van der Waals surface area contributed by atoms with Crippen molar-refractivity contribution in [1.82, 2.24) is 9.47 Å². The second-order valence-corrected chi connectivity index (χ2v) is 9.88. The van der Waals surface area contributed by atoms with Crippen molar-refractivity contribution in [1.29, 1.82) is 0 Å². The molecule has 1 aliphatic heterocycles. The number of hydrogen-bond donors (Lipinski definition) is 0. The number of nitro groups is 1. The van der Waals surface area contributed by atoms with E-state index in [9.17, 15) is 24.5 Å². The lowest BCUT2D eigenvalue weighted by Gasteiger charge is -2.12. The van der Waals surface area contributed by atoms with Crippen LogP contribution in [0, 0.1) is 24.0 Å². The molecule has 1 fully saturated rings. The predicted molar refractivity (Wildman–Crippen MR) is 145 cm³/mol. The van der Waals surface area contributed by atoms with Crippen LogP contribution < -0.4 is 0 Å². The average molecular weight is 534 g/mol. The van der Waals surface area contributed by atoms with E-state index in [2.05, 4.69) is 0 Å². The summed E-state index contributed by atoms with van der Waals surface area (Å²) >= 11 is 0.866. The number of imide groups is 1. The van der Waals surface area contributed by atoms with Gasteiger partial charge in [-0.05, 0) is 79.6 Å². The lowest BCUT2D eigenvalue weighted by Crippen LogP contribution is -2.27. The lowest BCUT2D eigenvalue weighted by atomic mass is 10.2. The molecule has 1 aromatic heterocycles. The van der Waals surface area contributed by atoms with E-state index in [4.69, 9.17) is 4.74 Å². The van der Waals surface area contributed by atoms with Gasteiger partial charge in [-0.2, -0.15) is 0 Å². The number of thioether (sulfide) groups is 1. The molecule has 9 nitrogen and oxygen atoms in total. The summed E-state index contributed by atoms with van der Waals surface area (Å²) in [6, 6.07) is 14.9. The van der Waals surface area contributed by atoms with Gasteiger partial charge < -0.3 is 9.30 Å². The highest BCUT2D eigenvalue weighted by Gasteiger charge is 2.35. The molecule has 0 N–H and O–H groups in total. The van der Waals surface area contributed by atoms with E-state index in [0.29, 0.717) is 22.6 Å². The highest BCUT2D eigenvalue weighted by molar-refractivity contribution is 8.18. The van der Waals surface area contributed by atoms with Crippen LogP contribution >= 0.6 is 11.8 Å². The predicted octanol–water partition coefficient (Wildman–Crippen LogP) is 6.20. The molecule has 0 unspecified atom stereocenters. The van der Waals surface area contributed by atoms with E-state index >= 15 is 0 Å². The molecule has 0 bridgehead atoms. The minimum Gasteiger partial charge on any atom is -0.462 e. The zero-order chi connectivity index (χ0) is 27.4. The minimum atomic E-state index is -0.500. The van der Waals surface area contributed by atoms with Crippen molar-refractivity contribution in [3.05, 3.63) is 97.7 Å². The van der Waals surface area contributed by atoms with E-state index in [1.807, 2.05) is 43.5 Å². The summed E-state index contributed by atoms with van der Waals surface area (Å²) in [5.74, 6) is -0.759. The first-order valence-electron chi connectivity index (χ1n) is 12.1. The largest absolute Gasteiger partial charge is 0.462 e. The summed E-state index contributed by atoms with van der Waals surface area (Å²) in [7, 11) is 0. The number of non-ortho nitro benzene ring substituents is 1. The number of carbonyl (C=O) groups excluding carboxylic acids is 3. The summed E-state index contributed by atoms with van der Waals surface area (Å²) < 4.78 is 7.29. The van der Waals surface area contributed by atoms with Gasteiger partial charge in [-0.25, -0.2) is 4.79 Å². The molecule has 0 aliphatic carbocycles. The first-order valence-corrected chi connectivity index (χ1v) is 13.0. The average Bonchev–Trinajstić information content (AvgIpc) is 3.33.